The molecule has 2 aliphatic rings. The molecule has 3 aromatic rings. The summed E-state index contributed by atoms with van der Waals surface area (Å²) in [6.07, 6.45) is 5.76. The van der Waals surface area contributed by atoms with Gasteiger partial charge in [-0.15, -0.1) is 5.10 Å². The van der Waals surface area contributed by atoms with Gasteiger partial charge in [-0.3, -0.25) is 4.68 Å². The van der Waals surface area contributed by atoms with E-state index in [4.69, 9.17) is 0 Å². The zero-order valence-corrected chi connectivity index (χ0v) is 14.4. The quantitative estimate of drug-likeness (QED) is 0.502. The molecule has 0 spiro atoms. The van der Waals surface area contributed by atoms with Crippen molar-refractivity contribution < 1.29 is 0 Å². The molecule has 0 fully saturated rings. The predicted molar refractivity (Wildman–Crippen MR) is 96.5 cm³/mol. The number of fused-ring (bicyclic) bond motifs is 2. The van der Waals surface area contributed by atoms with E-state index in [-0.39, 0.29) is 0 Å². The fourth-order valence-electron chi connectivity index (χ4n) is 3.05. The molecule has 0 amide bonds. The van der Waals surface area contributed by atoms with Crippen molar-refractivity contribution in [2.24, 2.45) is 7.05 Å². The van der Waals surface area contributed by atoms with Crippen LogP contribution in [0, 0.1) is 6.92 Å². The molecule has 2 aliphatic heterocycles. The molecule has 0 atom stereocenters. The van der Waals surface area contributed by atoms with Crippen molar-refractivity contribution in [1.29, 1.82) is 0 Å². The number of hydrogen-bond donors (Lipinski definition) is 0. The molecule has 5 rings (SSSR count). The maximum atomic E-state index is 4.68. The Morgan fingerprint density at radius 3 is 2.73 bits per heavy atom. The van der Waals surface area contributed by atoms with Crippen molar-refractivity contribution in [3.8, 4) is 22.8 Å². The maximum absolute atomic E-state index is 4.68. The van der Waals surface area contributed by atoms with Crippen molar-refractivity contribution in [1.82, 2.24) is 39.3 Å². The van der Waals surface area contributed by atoms with Gasteiger partial charge in [-0.1, -0.05) is 17.3 Å². The van der Waals surface area contributed by atoms with E-state index in [1.807, 2.05) is 70.6 Å². The van der Waals surface area contributed by atoms with Gasteiger partial charge >= 0.3 is 0 Å². The van der Waals surface area contributed by atoms with Gasteiger partial charge in [-0.25, -0.2) is 14.6 Å². The Kier molecular flexibility index (Phi) is 3.11. The Morgan fingerprint density at radius 1 is 1.04 bits per heavy atom. The number of aryl methyl sites for hydroxylation is 1. The average molecular weight is 344 g/mol. The Bertz CT molecular complexity index is 1200. The Hall–Kier alpha value is -3.55. The van der Waals surface area contributed by atoms with E-state index < -0.39 is 0 Å². The van der Waals surface area contributed by atoms with E-state index >= 15 is 0 Å². The second-order valence-electron chi connectivity index (χ2n) is 6.26. The predicted octanol–water partition coefficient (Wildman–Crippen LogP) is 2.34. The molecule has 0 unspecified atom stereocenters. The second-order valence-corrected chi connectivity index (χ2v) is 6.26. The lowest BCUT2D eigenvalue weighted by atomic mass is 10.2. The van der Waals surface area contributed by atoms with Crippen LogP contribution in [0.5, 0.6) is 0 Å². The van der Waals surface area contributed by atoms with Gasteiger partial charge in [0.1, 0.15) is 17.9 Å². The Labute approximate surface area is 149 Å². The highest BCUT2D eigenvalue weighted by Crippen LogP contribution is 2.26. The molecular formula is C18H16N8. The molecule has 26 heavy (non-hydrogen) atoms. The lowest BCUT2D eigenvalue weighted by Gasteiger charge is -2.08. The minimum Gasteiger partial charge on any atom is -0.332 e. The van der Waals surface area contributed by atoms with Crippen LogP contribution in [0.2, 0.25) is 0 Å². The Morgan fingerprint density at radius 2 is 1.88 bits per heavy atom. The largest absolute Gasteiger partial charge is 0.332 e. The van der Waals surface area contributed by atoms with E-state index in [9.17, 15) is 0 Å². The highest BCUT2D eigenvalue weighted by molar-refractivity contribution is 5.73. The molecule has 128 valence electrons. The van der Waals surface area contributed by atoms with Crippen LogP contribution >= 0.6 is 0 Å². The number of rotatable bonds is 3. The van der Waals surface area contributed by atoms with Gasteiger partial charge in [0.05, 0.1) is 23.0 Å². The lowest BCUT2D eigenvalue weighted by molar-refractivity contribution is 0.543. The van der Waals surface area contributed by atoms with Crippen LogP contribution in [0.1, 0.15) is 5.69 Å². The summed E-state index contributed by atoms with van der Waals surface area (Å²) in [5.74, 6) is 0.703. The number of imidazole rings is 1. The molecule has 0 saturated heterocycles. The zero-order chi connectivity index (χ0) is 17.7. The number of benzene rings is 1. The summed E-state index contributed by atoms with van der Waals surface area (Å²) in [6.45, 7) is 2.57. The monoisotopic (exact) mass is 344 g/mol. The summed E-state index contributed by atoms with van der Waals surface area (Å²) in [7, 11) is 1.91. The highest BCUT2D eigenvalue weighted by Gasteiger charge is 2.16. The van der Waals surface area contributed by atoms with Crippen molar-refractivity contribution in [3.63, 3.8) is 0 Å². The highest BCUT2D eigenvalue weighted by atomic mass is 15.5. The molecule has 1 aromatic carbocycles. The average Bonchev–Trinajstić information content (AvgIpc) is 3.33. The second kappa shape index (κ2) is 5.48. The summed E-state index contributed by atoms with van der Waals surface area (Å²) in [5.41, 5.74) is 5.59. The summed E-state index contributed by atoms with van der Waals surface area (Å²) in [4.78, 5) is 9.31. The molecule has 0 radical (unpaired) electrons. The van der Waals surface area contributed by atoms with Crippen molar-refractivity contribution >= 4 is 11.0 Å². The van der Waals surface area contributed by atoms with E-state index in [1.165, 1.54) is 0 Å². The molecule has 0 aliphatic carbocycles. The van der Waals surface area contributed by atoms with Crippen LogP contribution in [0.4, 0.5) is 0 Å². The third-order valence-electron chi connectivity index (χ3n) is 4.62. The SMILES string of the molecule is Cc1c(-c2nc3ccn(Cn4nnc5ccccc54)cc-3n2)cnn1C. The normalized spacial score (nSPS) is 11.6. The molecule has 0 N–H and O–H groups in total. The van der Waals surface area contributed by atoms with E-state index in [0.717, 1.165) is 33.7 Å². The van der Waals surface area contributed by atoms with E-state index in [0.29, 0.717) is 12.5 Å². The standard InChI is InChI=1S/C18H16N8/c1-12-13(9-19-24(12)2)18-20-14-7-8-25(10-16(14)21-18)11-26-17-6-4-3-5-15(17)22-23-26/h3-10H,11H2,1-2H3. The van der Waals surface area contributed by atoms with Crippen LogP contribution in [-0.2, 0) is 13.7 Å². The minimum absolute atomic E-state index is 0.560. The molecular weight excluding hydrogens is 328 g/mol. The van der Waals surface area contributed by atoms with Crippen LogP contribution in [0.3, 0.4) is 0 Å². The lowest BCUT2D eigenvalue weighted by Crippen LogP contribution is -2.09. The number of para-hydroxylation sites is 1. The van der Waals surface area contributed by atoms with Gasteiger partial charge in [0.2, 0.25) is 0 Å². The maximum Gasteiger partial charge on any atom is 0.164 e. The topological polar surface area (TPSA) is 79.2 Å². The first kappa shape index (κ1) is 14.8. The van der Waals surface area contributed by atoms with E-state index in [1.54, 1.807) is 6.20 Å². The summed E-state index contributed by atoms with van der Waals surface area (Å²) < 4.78 is 5.72. The van der Waals surface area contributed by atoms with Crippen molar-refractivity contribution in [2.75, 3.05) is 0 Å². The van der Waals surface area contributed by atoms with Gasteiger partial charge in [0.25, 0.3) is 0 Å². The fraction of sp³-hybridized carbons (Fsp3) is 0.167. The number of aromatic nitrogens is 8. The fourth-order valence-corrected chi connectivity index (χ4v) is 3.05. The molecule has 2 aromatic heterocycles. The Balaban J connectivity index is 1.52. The van der Waals surface area contributed by atoms with Crippen LogP contribution in [0.25, 0.3) is 33.8 Å². The number of nitrogens with zero attached hydrogens (tertiary/aromatic N) is 8. The smallest absolute Gasteiger partial charge is 0.164 e. The molecule has 0 saturated carbocycles. The van der Waals surface area contributed by atoms with Crippen LogP contribution in [0.15, 0.2) is 48.9 Å². The van der Waals surface area contributed by atoms with Gasteiger partial charge in [-0.2, -0.15) is 5.10 Å². The molecule has 8 heteroatoms. The van der Waals surface area contributed by atoms with Crippen LogP contribution < -0.4 is 0 Å². The first-order chi connectivity index (χ1) is 12.7. The third-order valence-corrected chi connectivity index (χ3v) is 4.62. The molecule has 8 nitrogen and oxygen atoms in total. The number of pyridine rings is 1. The van der Waals surface area contributed by atoms with Gasteiger partial charge in [0.15, 0.2) is 5.82 Å². The molecule has 4 heterocycles. The zero-order valence-electron chi connectivity index (χ0n) is 14.4. The minimum atomic E-state index is 0.560. The summed E-state index contributed by atoms with van der Waals surface area (Å²) in [6, 6.07) is 9.89. The first-order valence-corrected chi connectivity index (χ1v) is 8.30. The van der Waals surface area contributed by atoms with Crippen molar-refractivity contribution in [2.45, 2.75) is 13.6 Å². The number of hydrogen-bond acceptors (Lipinski definition) is 5. The van der Waals surface area contributed by atoms with Gasteiger partial charge in [-0.05, 0) is 25.1 Å². The van der Waals surface area contributed by atoms with Gasteiger partial charge in [0, 0.05) is 25.1 Å². The molecule has 0 bridgehead atoms. The first-order valence-electron chi connectivity index (χ1n) is 8.30. The van der Waals surface area contributed by atoms with Crippen LogP contribution in [-0.4, -0.2) is 39.3 Å². The van der Waals surface area contributed by atoms with Gasteiger partial charge < -0.3 is 4.57 Å². The third kappa shape index (κ3) is 2.26. The van der Waals surface area contributed by atoms with E-state index in [2.05, 4.69) is 25.4 Å². The van der Waals surface area contributed by atoms with Crippen molar-refractivity contribution in [3.05, 3.63) is 54.6 Å². The summed E-state index contributed by atoms with van der Waals surface area (Å²) >= 11 is 0. The summed E-state index contributed by atoms with van der Waals surface area (Å²) in [5, 5.41) is 12.7.